The van der Waals surface area contributed by atoms with Gasteiger partial charge >= 0.3 is 0 Å². The van der Waals surface area contributed by atoms with Gasteiger partial charge in [-0.05, 0) is 193 Å². The molecule has 0 aromatic heterocycles. The third-order valence-electron chi connectivity index (χ3n) is 21.7. The maximum atomic E-state index is 12.1. The van der Waals surface area contributed by atoms with Crippen molar-refractivity contribution in [1.29, 1.82) is 0 Å². The van der Waals surface area contributed by atoms with Crippen molar-refractivity contribution in [3.8, 4) is 0 Å². The van der Waals surface area contributed by atoms with Crippen LogP contribution >= 0.6 is 15.9 Å². The molecule has 5 aliphatic carbocycles. The molecule has 27 heteroatoms. The number of halogens is 3. The number of likely N-dealkylation sites (N-methyl/N-ethyl adjacent to an activating group) is 6. The Morgan fingerprint density at radius 2 is 0.695 bits per heavy atom. The standard InChI is InChI=1S/C20H33NO3.C19H30BrNO5S.C13H26FNO2.C13H27NO3.C13H21NO2.C7H12O.C6H14FNO/c1-21(14-9-16-23-18-19-10-5-3-6-11-19)15-17-24-20(22-2)12-7-4-8-13-20;1-21(14-16-25-19(24-2)11-4-3-5-12-19)13-6-15-26-27(22,23)18-9-7-17(20)8-10-18;1-15(10-6-9-14)11-12-17-13(16-2)7-4-3-5-8-13;1-14(9-6-11-15)10-12-17-13(16-2)7-4-3-5-8-13;1-14(9-10-15)8-5-11-16-12-13-6-3-2-4-7-13;1-8-7-5-3-2-4-6-7;1-8(5-6-9)4-2-3-7/h3,5-6,10-11H,4,7-9,12-18H2,1-2H3;7-10H,3-6,11-16H2,1-2H3;3-12H2,1-2H3;15H,3-12H2,1-2H3;2-4,6-7,15H,5,8-12H2,1H3;5H,2-4,6H2,1H3;9H,2-6H2,1H3/i;;14-1;;;;7-1. The van der Waals surface area contributed by atoms with Crippen molar-refractivity contribution >= 4 is 26.0 Å². The van der Waals surface area contributed by atoms with E-state index in [2.05, 4.69) is 84.9 Å². The molecule has 3 aromatic rings. The first kappa shape index (κ1) is 111. The van der Waals surface area contributed by atoms with Gasteiger partial charge in [0.1, 0.15) is 0 Å². The Balaban J connectivity index is 0.000000481. The Hall–Kier alpha value is -3.31. The van der Waals surface area contributed by atoms with Crippen LogP contribution in [0.3, 0.4) is 0 Å². The second-order valence-electron chi connectivity index (χ2n) is 31.5. The van der Waals surface area contributed by atoms with Crippen molar-refractivity contribution in [1.82, 2.24) is 29.4 Å². The Labute approximate surface area is 722 Å². The van der Waals surface area contributed by atoms with Gasteiger partial charge in [-0.3, -0.25) is 13.0 Å². The number of ether oxygens (including phenoxy) is 11. The zero-order valence-electron chi connectivity index (χ0n) is 75.0. The quantitative estimate of drug-likeness (QED) is 0.0271. The van der Waals surface area contributed by atoms with Gasteiger partial charge < -0.3 is 96.8 Å². The van der Waals surface area contributed by atoms with Crippen LogP contribution in [0.1, 0.15) is 204 Å². The molecule has 0 saturated heterocycles. The fraction of sp³-hybridized carbons (Fsp3) is 0.780. The lowest BCUT2D eigenvalue weighted by molar-refractivity contribution is -0.239. The van der Waals surface area contributed by atoms with Gasteiger partial charge in [0.2, 0.25) is 0 Å². The van der Waals surface area contributed by atoms with E-state index >= 15 is 0 Å². The summed E-state index contributed by atoms with van der Waals surface area (Å²) in [4.78, 5) is 12.9. The molecule has 0 heterocycles. The van der Waals surface area contributed by atoms with Crippen LogP contribution < -0.4 is 0 Å². The molecule has 3 aromatic carbocycles. The first-order valence-electron chi connectivity index (χ1n) is 44.1. The van der Waals surface area contributed by atoms with Crippen molar-refractivity contribution in [3.63, 3.8) is 0 Å². The van der Waals surface area contributed by atoms with Crippen LogP contribution in [0.15, 0.2) is 106 Å². The van der Waals surface area contributed by atoms with E-state index in [9.17, 15) is 17.2 Å². The van der Waals surface area contributed by atoms with E-state index in [0.29, 0.717) is 58.8 Å². The van der Waals surface area contributed by atoms with Crippen molar-refractivity contribution in [2.24, 2.45) is 0 Å². The van der Waals surface area contributed by atoms with E-state index < -0.39 is 15.9 Å². The average Bonchev–Trinajstić information content (AvgIpc) is 0.840. The summed E-state index contributed by atoms with van der Waals surface area (Å²) in [5.41, 5.74) is 2.45. The highest BCUT2D eigenvalue weighted by molar-refractivity contribution is 9.10. The molecule has 118 heavy (non-hydrogen) atoms. The molecule has 0 aliphatic heterocycles. The maximum Gasteiger partial charge on any atom is 0.296 e. The predicted molar refractivity (Wildman–Crippen MR) is 474 cm³/mol. The lowest BCUT2D eigenvalue weighted by atomic mass is 9.94. The van der Waals surface area contributed by atoms with E-state index in [-0.39, 0.29) is 62.0 Å². The van der Waals surface area contributed by atoms with Gasteiger partial charge in [-0.1, -0.05) is 102 Å². The summed E-state index contributed by atoms with van der Waals surface area (Å²) in [5.74, 6) is -0.232. The van der Waals surface area contributed by atoms with E-state index in [1.807, 2.05) is 69.5 Å². The monoisotopic (exact) mass is 1760 g/mol. The Morgan fingerprint density at radius 3 is 0.983 bits per heavy atom. The lowest BCUT2D eigenvalue weighted by Crippen LogP contribution is -2.39. The number of nitrogens with zero attached hydrogens (tertiary/aromatic N) is 6. The summed E-state index contributed by atoms with van der Waals surface area (Å²) in [6.45, 7) is 15.9. The van der Waals surface area contributed by atoms with Crippen molar-refractivity contribution in [2.45, 2.75) is 234 Å². The molecule has 23 nitrogen and oxygen atoms in total. The Morgan fingerprint density at radius 1 is 0.373 bits per heavy atom. The minimum Gasteiger partial charge on any atom is -0.501 e. The number of benzene rings is 3. The molecule has 0 atom stereocenters. The number of aliphatic hydroxyl groups is 3. The minimum atomic E-state index is -3.70. The highest BCUT2D eigenvalue weighted by Crippen LogP contribution is 2.35. The summed E-state index contributed by atoms with van der Waals surface area (Å²) in [6, 6.07) is 26.9. The number of hydrogen-bond donors (Lipinski definition) is 3. The number of rotatable bonds is 52. The third kappa shape index (κ3) is 54.4. The van der Waals surface area contributed by atoms with E-state index in [1.54, 1.807) is 47.7 Å². The maximum absolute atomic E-state index is 12.1. The molecule has 8 rings (SSSR count). The fourth-order valence-electron chi connectivity index (χ4n) is 14.1. The summed E-state index contributed by atoms with van der Waals surface area (Å²) in [7, 11) is 17.1. The van der Waals surface area contributed by atoms with Crippen molar-refractivity contribution in [2.75, 3.05) is 236 Å². The van der Waals surface area contributed by atoms with Crippen LogP contribution in [0, 0.1) is 0 Å². The summed E-state index contributed by atoms with van der Waals surface area (Å²) in [6.07, 6.45) is 34.5. The molecule has 3 N–H and O–H groups in total. The van der Waals surface area contributed by atoms with Gasteiger partial charge in [0.15, 0.2) is 23.1 Å². The highest BCUT2D eigenvalue weighted by Gasteiger charge is 2.36. The Kier molecular flexibility index (Phi) is 66.6. The van der Waals surface area contributed by atoms with Gasteiger partial charge in [0.25, 0.3) is 10.1 Å². The molecular weight excluding hydrogens is 1600 g/mol. The van der Waals surface area contributed by atoms with Crippen LogP contribution in [-0.4, -0.2) is 312 Å². The molecule has 0 radical (unpaired) electrons. The fourth-order valence-corrected chi connectivity index (χ4v) is 15.3. The number of hydrogen-bond acceptors (Lipinski definition) is 23. The lowest BCUT2D eigenvalue weighted by Gasteiger charge is -2.36. The summed E-state index contributed by atoms with van der Waals surface area (Å²) in [5, 5.41) is 25.9. The summed E-state index contributed by atoms with van der Waals surface area (Å²) >= 11 is 3.29. The first-order chi connectivity index (χ1) is 57.1. The number of allylic oxidation sites excluding steroid dienone is 2. The third-order valence-corrected chi connectivity index (χ3v) is 23.6. The molecule has 0 unspecified atom stereocenters. The van der Waals surface area contributed by atoms with Crippen LogP contribution in [0.4, 0.5) is 8.78 Å². The van der Waals surface area contributed by atoms with Crippen LogP contribution in [0.2, 0.25) is 0 Å². The molecule has 4 fully saturated rings. The molecule has 686 valence electrons. The Bertz CT molecular complexity index is 2850. The van der Waals surface area contributed by atoms with Gasteiger partial charge in [0, 0.05) is 189 Å². The second kappa shape index (κ2) is 70.9. The number of aliphatic hydroxyl groups excluding tert-OH is 3. The van der Waals surface area contributed by atoms with Crippen LogP contribution in [0.5, 0.6) is 0 Å². The highest BCUT2D eigenvalue weighted by atomic mass is 79.9. The van der Waals surface area contributed by atoms with Gasteiger partial charge in [0.05, 0.1) is 90.6 Å². The molecule has 0 spiro atoms. The van der Waals surface area contributed by atoms with Crippen molar-refractivity contribution < 1.29 is 88.8 Å². The topological polar surface area (TPSA) is 225 Å². The molecule has 0 bridgehead atoms. The van der Waals surface area contributed by atoms with Gasteiger partial charge in [-0.2, -0.15) is 8.42 Å². The normalized spacial score (nSPS) is 16.8. The van der Waals surface area contributed by atoms with Crippen molar-refractivity contribution in [3.05, 3.63) is 112 Å². The van der Waals surface area contributed by atoms with Crippen LogP contribution in [-0.2, 0) is 79.6 Å². The summed E-state index contributed by atoms with van der Waals surface area (Å²) < 4.78 is 116. The van der Waals surface area contributed by atoms with Gasteiger partial charge in [-0.25, -0.2) is 0 Å². The SMILES string of the molecule is CN(CCO)CCCOCc1ccccc1.CN(CCO)CCC[18F].COC1(OCCN(C)CCCO)CCCCC1.COC1(OCCN(C)CCCOCc2ccccc2)CCCCC1.COC1(OCCN(C)CCCOS(=O)(=O)c2ccc(Br)cc2)CCCCC1.COC1(OCCN(C)CCC[18F])CCCCC1.COC1=CCCCC1. The van der Waals surface area contributed by atoms with E-state index in [4.69, 9.17) is 71.6 Å². The van der Waals surface area contributed by atoms with Crippen LogP contribution in [0.25, 0.3) is 0 Å². The van der Waals surface area contributed by atoms with Gasteiger partial charge in [-0.15, -0.1) is 0 Å². The number of methoxy groups -OCH3 is 5. The largest absolute Gasteiger partial charge is 0.501 e. The van der Waals surface area contributed by atoms with E-state index in [1.165, 1.54) is 112 Å². The molecule has 0 amide bonds. The number of alkyl halides is 2. The predicted octanol–water partition coefficient (Wildman–Crippen LogP) is 15.8. The molecule has 4 saturated carbocycles. The zero-order chi connectivity index (χ0) is 86.5. The minimum absolute atomic E-state index is 0.156. The molecular formula is C91H163BrF2N6O17S. The zero-order valence-corrected chi connectivity index (χ0v) is 77.4. The first-order valence-corrected chi connectivity index (χ1v) is 46.3. The molecule has 5 aliphatic rings. The van der Waals surface area contributed by atoms with E-state index in [0.717, 1.165) is 186 Å². The second-order valence-corrected chi connectivity index (χ2v) is 34.0. The average molecular weight is 1760 g/mol. The smallest absolute Gasteiger partial charge is 0.296 e.